The van der Waals surface area contributed by atoms with Crippen LogP contribution in [0.5, 0.6) is 0 Å². The fraction of sp³-hybridized carbons (Fsp3) is 0.417. The Bertz CT molecular complexity index is 377. The topological polar surface area (TPSA) is 69.6 Å². The Labute approximate surface area is 94.9 Å². The Morgan fingerprint density at radius 3 is 2.75 bits per heavy atom. The standard InChI is InChI=1S/C12H17NO3/c1-8-3-4-11(9(2)15)12(5-8)13-6-10(16)7-14/h3-5,10,13-14,16H,6-7H2,1-2H3. The highest BCUT2D eigenvalue weighted by molar-refractivity contribution is 5.99. The van der Waals surface area contributed by atoms with E-state index in [-0.39, 0.29) is 18.9 Å². The molecule has 0 aliphatic heterocycles. The second-order valence-corrected chi connectivity index (χ2v) is 3.82. The van der Waals surface area contributed by atoms with Gasteiger partial charge in [-0.25, -0.2) is 0 Å². The predicted molar refractivity (Wildman–Crippen MR) is 62.8 cm³/mol. The van der Waals surface area contributed by atoms with E-state index < -0.39 is 6.10 Å². The first-order valence-corrected chi connectivity index (χ1v) is 5.19. The number of rotatable bonds is 5. The van der Waals surface area contributed by atoms with Gasteiger partial charge in [-0.05, 0) is 31.5 Å². The van der Waals surface area contributed by atoms with Crippen molar-refractivity contribution in [3.05, 3.63) is 29.3 Å². The molecular weight excluding hydrogens is 206 g/mol. The van der Waals surface area contributed by atoms with Crippen LogP contribution in [0.1, 0.15) is 22.8 Å². The average Bonchev–Trinajstić information content (AvgIpc) is 2.25. The van der Waals surface area contributed by atoms with Gasteiger partial charge in [-0.15, -0.1) is 0 Å². The van der Waals surface area contributed by atoms with Gasteiger partial charge in [0.2, 0.25) is 0 Å². The van der Waals surface area contributed by atoms with Crippen LogP contribution in [-0.4, -0.2) is 35.3 Å². The van der Waals surface area contributed by atoms with Crippen LogP contribution < -0.4 is 5.32 Å². The number of carbonyl (C=O) groups excluding carboxylic acids is 1. The van der Waals surface area contributed by atoms with E-state index >= 15 is 0 Å². The molecule has 0 saturated carbocycles. The largest absolute Gasteiger partial charge is 0.394 e. The molecule has 1 rings (SSSR count). The molecule has 0 spiro atoms. The number of nitrogens with one attached hydrogen (secondary N) is 1. The number of aliphatic hydroxyl groups is 2. The Morgan fingerprint density at radius 1 is 1.50 bits per heavy atom. The lowest BCUT2D eigenvalue weighted by molar-refractivity contribution is 0.101. The molecule has 1 aromatic carbocycles. The molecule has 0 radical (unpaired) electrons. The van der Waals surface area contributed by atoms with Crippen LogP contribution in [0, 0.1) is 6.92 Å². The highest BCUT2D eigenvalue weighted by atomic mass is 16.3. The lowest BCUT2D eigenvalue weighted by atomic mass is 10.1. The first-order chi connectivity index (χ1) is 7.54. The maximum absolute atomic E-state index is 11.3. The lowest BCUT2D eigenvalue weighted by Crippen LogP contribution is -2.23. The molecule has 0 fully saturated rings. The second-order valence-electron chi connectivity index (χ2n) is 3.82. The third-order valence-corrected chi connectivity index (χ3v) is 2.29. The van der Waals surface area contributed by atoms with Crippen molar-refractivity contribution < 1.29 is 15.0 Å². The summed E-state index contributed by atoms with van der Waals surface area (Å²) in [4.78, 5) is 11.3. The van der Waals surface area contributed by atoms with Crippen LogP contribution in [0.15, 0.2) is 18.2 Å². The minimum Gasteiger partial charge on any atom is -0.394 e. The van der Waals surface area contributed by atoms with E-state index in [4.69, 9.17) is 5.11 Å². The van der Waals surface area contributed by atoms with E-state index in [0.29, 0.717) is 11.3 Å². The van der Waals surface area contributed by atoms with E-state index in [2.05, 4.69) is 5.32 Å². The lowest BCUT2D eigenvalue weighted by Gasteiger charge is -2.13. The number of benzene rings is 1. The van der Waals surface area contributed by atoms with Crippen molar-refractivity contribution in [3.63, 3.8) is 0 Å². The quantitative estimate of drug-likeness (QED) is 0.650. The van der Waals surface area contributed by atoms with Crippen LogP contribution in [0.3, 0.4) is 0 Å². The minimum absolute atomic E-state index is 0.0269. The summed E-state index contributed by atoms with van der Waals surface area (Å²) in [5.41, 5.74) is 2.32. The van der Waals surface area contributed by atoms with E-state index in [0.717, 1.165) is 5.56 Å². The van der Waals surface area contributed by atoms with E-state index in [1.54, 1.807) is 6.07 Å². The molecule has 16 heavy (non-hydrogen) atoms. The molecule has 0 aromatic heterocycles. The van der Waals surface area contributed by atoms with Gasteiger partial charge >= 0.3 is 0 Å². The van der Waals surface area contributed by atoms with Crippen molar-refractivity contribution in [1.29, 1.82) is 0 Å². The zero-order chi connectivity index (χ0) is 12.1. The van der Waals surface area contributed by atoms with Crippen molar-refractivity contribution >= 4 is 11.5 Å². The molecule has 3 N–H and O–H groups in total. The number of aliphatic hydroxyl groups excluding tert-OH is 2. The fourth-order valence-electron chi connectivity index (χ4n) is 1.40. The first kappa shape index (κ1) is 12.7. The third kappa shape index (κ3) is 3.32. The second kappa shape index (κ2) is 5.63. The molecule has 4 heteroatoms. The van der Waals surface area contributed by atoms with Crippen molar-refractivity contribution in [2.24, 2.45) is 0 Å². The number of hydrogen-bond acceptors (Lipinski definition) is 4. The van der Waals surface area contributed by atoms with Gasteiger partial charge in [0.15, 0.2) is 5.78 Å². The number of ketones is 1. The Morgan fingerprint density at radius 2 is 2.19 bits per heavy atom. The van der Waals surface area contributed by atoms with Crippen molar-refractivity contribution in [2.45, 2.75) is 20.0 Å². The highest BCUT2D eigenvalue weighted by Crippen LogP contribution is 2.18. The van der Waals surface area contributed by atoms with Gasteiger partial charge in [-0.1, -0.05) is 6.07 Å². The fourth-order valence-corrected chi connectivity index (χ4v) is 1.40. The van der Waals surface area contributed by atoms with Gasteiger partial charge in [0, 0.05) is 17.8 Å². The Balaban J connectivity index is 2.84. The van der Waals surface area contributed by atoms with Crippen molar-refractivity contribution in [3.8, 4) is 0 Å². The third-order valence-electron chi connectivity index (χ3n) is 2.29. The van der Waals surface area contributed by atoms with Crippen LogP contribution in [0.2, 0.25) is 0 Å². The van der Waals surface area contributed by atoms with Gasteiger partial charge in [-0.2, -0.15) is 0 Å². The number of carbonyl (C=O) groups is 1. The molecule has 1 aromatic rings. The summed E-state index contributed by atoms with van der Waals surface area (Å²) in [6.45, 7) is 3.35. The summed E-state index contributed by atoms with van der Waals surface area (Å²) in [5, 5.41) is 20.9. The van der Waals surface area contributed by atoms with E-state index in [9.17, 15) is 9.90 Å². The molecule has 0 heterocycles. The van der Waals surface area contributed by atoms with E-state index in [1.165, 1.54) is 6.92 Å². The smallest absolute Gasteiger partial charge is 0.161 e. The zero-order valence-electron chi connectivity index (χ0n) is 9.53. The molecular formula is C12H17NO3. The van der Waals surface area contributed by atoms with Crippen molar-refractivity contribution in [1.82, 2.24) is 0 Å². The molecule has 88 valence electrons. The number of Topliss-reactive ketones (excluding diaryl/α,β-unsaturated/α-hetero) is 1. The molecule has 0 bridgehead atoms. The highest BCUT2D eigenvalue weighted by Gasteiger charge is 2.08. The molecule has 1 atom stereocenters. The summed E-state index contributed by atoms with van der Waals surface area (Å²) in [6.07, 6.45) is -0.819. The van der Waals surface area contributed by atoms with Crippen LogP contribution in [-0.2, 0) is 0 Å². The van der Waals surface area contributed by atoms with Crippen LogP contribution in [0.4, 0.5) is 5.69 Å². The molecule has 4 nitrogen and oxygen atoms in total. The summed E-state index contributed by atoms with van der Waals surface area (Å²) >= 11 is 0. The zero-order valence-corrected chi connectivity index (χ0v) is 9.53. The number of aryl methyl sites for hydroxylation is 1. The molecule has 0 saturated heterocycles. The predicted octanol–water partition coefficient (Wildman–Crippen LogP) is 0.963. The summed E-state index contributed by atoms with van der Waals surface area (Å²) in [7, 11) is 0. The van der Waals surface area contributed by atoms with Gasteiger partial charge in [0.25, 0.3) is 0 Å². The van der Waals surface area contributed by atoms with Gasteiger partial charge < -0.3 is 15.5 Å². The summed E-state index contributed by atoms with van der Waals surface area (Å²) < 4.78 is 0. The first-order valence-electron chi connectivity index (χ1n) is 5.19. The van der Waals surface area contributed by atoms with Crippen LogP contribution in [0.25, 0.3) is 0 Å². The number of anilines is 1. The van der Waals surface area contributed by atoms with Gasteiger partial charge in [0.1, 0.15) is 0 Å². The summed E-state index contributed by atoms with van der Waals surface area (Å²) in [5.74, 6) is -0.0269. The molecule has 0 aliphatic carbocycles. The minimum atomic E-state index is -0.819. The summed E-state index contributed by atoms with van der Waals surface area (Å²) in [6, 6.07) is 5.47. The van der Waals surface area contributed by atoms with E-state index in [1.807, 2.05) is 19.1 Å². The number of hydrogen-bond donors (Lipinski definition) is 3. The molecule has 1 unspecified atom stereocenters. The SMILES string of the molecule is CC(=O)c1ccc(C)cc1NCC(O)CO. The Hall–Kier alpha value is -1.39. The maximum atomic E-state index is 11.3. The van der Waals surface area contributed by atoms with Crippen LogP contribution >= 0.6 is 0 Å². The maximum Gasteiger partial charge on any atom is 0.161 e. The normalized spacial score (nSPS) is 12.2. The van der Waals surface area contributed by atoms with Crippen molar-refractivity contribution in [2.75, 3.05) is 18.5 Å². The molecule has 0 amide bonds. The average molecular weight is 223 g/mol. The van der Waals surface area contributed by atoms with Gasteiger partial charge in [0.05, 0.1) is 12.7 Å². The van der Waals surface area contributed by atoms with Gasteiger partial charge in [-0.3, -0.25) is 4.79 Å². The monoisotopic (exact) mass is 223 g/mol. The Kier molecular flexibility index (Phi) is 4.46. The molecule has 0 aliphatic rings.